The molecule has 0 aliphatic carbocycles. The first-order chi connectivity index (χ1) is 11.1. The molecule has 0 amide bonds. The molecular weight excluding hydrogens is 312 g/mol. The quantitative estimate of drug-likeness (QED) is 0.328. The van der Waals surface area contributed by atoms with Gasteiger partial charge in [-0.05, 0) is 24.5 Å². The molecule has 1 atom stereocenters. The smallest absolute Gasteiger partial charge is 0.306 e. The molecule has 0 fully saturated rings. The summed E-state index contributed by atoms with van der Waals surface area (Å²) in [5.74, 6) is 2.44. The van der Waals surface area contributed by atoms with Gasteiger partial charge in [-0.2, -0.15) is 11.8 Å². The Morgan fingerprint density at radius 3 is 2.22 bits per heavy atom. The Hall–Kier alpha value is -0.260. The molecule has 0 aliphatic heterocycles. The number of rotatable bonds is 16. The maximum Gasteiger partial charge on any atom is 0.306 e. The fraction of sp³-hybridized carbons (Fsp3) is 0.944. The Balaban J connectivity index is 3.58. The Morgan fingerprint density at radius 2 is 1.65 bits per heavy atom. The lowest BCUT2D eigenvalue weighted by atomic mass is 9.92. The molecule has 0 aromatic carbocycles. The number of carbonyl (C=O) groups excluding carboxylic acids is 1. The lowest BCUT2D eigenvalue weighted by Crippen LogP contribution is -2.22. The highest BCUT2D eigenvalue weighted by Gasteiger charge is 2.09. The van der Waals surface area contributed by atoms with Crippen LogP contribution in [0.25, 0.3) is 0 Å². The van der Waals surface area contributed by atoms with Crippen LogP contribution < -0.4 is 0 Å². The molecule has 0 radical (unpaired) electrons. The Labute approximate surface area is 146 Å². The number of carbonyl (C=O) groups is 1. The highest BCUT2D eigenvalue weighted by Crippen LogP contribution is 2.22. The zero-order chi connectivity index (χ0) is 17.3. The second-order valence-corrected chi connectivity index (χ2v) is 7.40. The summed E-state index contributed by atoms with van der Waals surface area (Å²) < 4.78 is 4.87. The molecule has 0 heterocycles. The maximum absolute atomic E-state index is 11.4. The van der Waals surface area contributed by atoms with Crippen molar-refractivity contribution in [2.45, 2.75) is 77.7 Å². The van der Waals surface area contributed by atoms with Gasteiger partial charge in [0.1, 0.15) is 12.7 Å². The van der Waals surface area contributed by atoms with Crippen molar-refractivity contribution in [3.8, 4) is 0 Å². The number of hydrogen-bond acceptors (Lipinski definition) is 5. The minimum atomic E-state index is -0.963. The summed E-state index contributed by atoms with van der Waals surface area (Å²) in [7, 11) is 0. The highest BCUT2D eigenvalue weighted by atomic mass is 32.2. The topological polar surface area (TPSA) is 66.8 Å². The van der Waals surface area contributed by atoms with Crippen LogP contribution in [0, 0.1) is 5.92 Å². The van der Waals surface area contributed by atoms with Gasteiger partial charge in [0, 0.05) is 5.75 Å². The summed E-state index contributed by atoms with van der Waals surface area (Å²) in [6.07, 6.45) is 9.91. The third-order valence-electron chi connectivity index (χ3n) is 3.93. The molecule has 2 N–H and O–H groups in total. The number of aliphatic hydroxyl groups is 2. The van der Waals surface area contributed by atoms with E-state index in [1.165, 1.54) is 51.4 Å². The zero-order valence-electron chi connectivity index (χ0n) is 15.0. The third-order valence-corrected chi connectivity index (χ3v) is 5.00. The van der Waals surface area contributed by atoms with Crippen LogP contribution in [0.3, 0.4) is 0 Å². The lowest BCUT2D eigenvalue weighted by molar-refractivity contribution is -0.146. The molecule has 0 rings (SSSR count). The first-order valence-corrected chi connectivity index (χ1v) is 10.3. The molecule has 4 nitrogen and oxygen atoms in total. The van der Waals surface area contributed by atoms with E-state index in [1.54, 1.807) is 11.8 Å². The van der Waals surface area contributed by atoms with E-state index in [1.807, 2.05) is 0 Å². The van der Waals surface area contributed by atoms with Crippen LogP contribution >= 0.6 is 11.8 Å². The molecule has 0 bridgehead atoms. The molecule has 1 unspecified atom stereocenters. The van der Waals surface area contributed by atoms with Gasteiger partial charge in [0.05, 0.1) is 13.0 Å². The molecule has 0 saturated carbocycles. The number of unbranched alkanes of at least 4 members (excludes halogenated alkanes) is 2. The van der Waals surface area contributed by atoms with Crippen molar-refractivity contribution in [2.24, 2.45) is 5.92 Å². The van der Waals surface area contributed by atoms with E-state index in [-0.39, 0.29) is 19.2 Å². The van der Waals surface area contributed by atoms with Crippen molar-refractivity contribution in [1.82, 2.24) is 0 Å². The number of thioether (sulfide) groups is 1. The van der Waals surface area contributed by atoms with E-state index in [4.69, 9.17) is 14.9 Å². The van der Waals surface area contributed by atoms with Gasteiger partial charge in [0.25, 0.3) is 0 Å². The molecule has 138 valence electrons. The van der Waals surface area contributed by atoms with Crippen molar-refractivity contribution in [2.75, 3.05) is 24.7 Å². The average molecular weight is 349 g/mol. The lowest BCUT2D eigenvalue weighted by Gasteiger charge is -2.16. The van der Waals surface area contributed by atoms with Crippen molar-refractivity contribution in [1.29, 1.82) is 0 Å². The molecule has 0 aromatic rings. The first kappa shape index (κ1) is 22.7. The molecule has 0 saturated heterocycles. The standard InChI is InChI=1S/C18H36O4S/c1-3-5-8-16(9-6-4-2)10-7-12-23-13-11-18(21)22-15-17(20)14-19/h16-17,19-20H,3-15H2,1-2H3. The van der Waals surface area contributed by atoms with Crippen LogP contribution in [0.2, 0.25) is 0 Å². The van der Waals surface area contributed by atoms with Gasteiger partial charge < -0.3 is 14.9 Å². The normalized spacial score (nSPS) is 12.6. The predicted molar refractivity (Wildman–Crippen MR) is 97.8 cm³/mol. The fourth-order valence-electron chi connectivity index (χ4n) is 2.46. The van der Waals surface area contributed by atoms with Gasteiger partial charge in [-0.3, -0.25) is 4.79 Å². The van der Waals surface area contributed by atoms with Gasteiger partial charge in [0.15, 0.2) is 0 Å². The minimum absolute atomic E-state index is 0.115. The predicted octanol–water partition coefficient (Wildman–Crippen LogP) is 3.78. The Bertz CT molecular complexity index is 266. The zero-order valence-corrected chi connectivity index (χ0v) is 15.8. The SMILES string of the molecule is CCCCC(CCCC)CCCSCCC(=O)OCC(O)CO. The highest BCUT2D eigenvalue weighted by molar-refractivity contribution is 7.99. The fourth-order valence-corrected chi connectivity index (χ4v) is 3.35. The van der Waals surface area contributed by atoms with Crippen molar-refractivity contribution in [3.63, 3.8) is 0 Å². The van der Waals surface area contributed by atoms with Crippen LogP contribution in [-0.2, 0) is 9.53 Å². The molecular formula is C18H36O4S. The van der Waals surface area contributed by atoms with Crippen molar-refractivity contribution < 1.29 is 19.7 Å². The summed E-state index contributed by atoms with van der Waals surface area (Å²) in [4.78, 5) is 11.4. The second-order valence-electron chi connectivity index (χ2n) is 6.17. The Morgan fingerprint density at radius 1 is 1.04 bits per heavy atom. The van der Waals surface area contributed by atoms with Gasteiger partial charge in [-0.25, -0.2) is 0 Å². The van der Waals surface area contributed by atoms with Crippen LogP contribution in [0.4, 0.5) is 0 Å². The van der Waals surface area contributed by atoms with Crippen LogP contribution in [-0.4, -0.2) is 47.0 Å². The summed E-state index contributed by atoms with van der Waals surface area (Å²) in [6, 6.07) is 0. The summed E-state index contributed by atoms with van der Waals surface area (Å²) >= 11 is 1.80. The molecule has 0 aromatic heterocycles. The molecule has 0 aliphatic rings. The van der Waals surface area contributed by atoms with Crippen LogP contribution in [0.1, 0.15) is 71.6 Å². The maximum atomic E-state index is 11.4. The first-order valence-electron chi connectivity index (χ1n) is 9.16. The monoisotopic (exact) mass is 348 g/mol. The van der Waals surface area contributed by atoms with Gasteiger partial charge in [-0.15, -0.1) is 0 Å². The van der Waals surface area contributed by atoms with E-state index >= 15 is 0 Å². The number of esters is 1. The van der Waals surface area contributed by atoms with Gasteiger partial charge in [-0.1, -0.05) is 52.4 Å². The van der Waals surface area contributed by atoms with Crippen molar-refractivity contribution >= 4 is 17.7 Å². The number of ether oxygens (including phenoxy) is 1. The van der Waals surface area contributed by atoms with Gasteiger partial charge >= 0.3 is 5.97 Å². The number of hydrogen-bond donors (Lipinski definition) is 2. The summed E-state index contributed by atoms with van der Waals surface area (Å²) in [6.45, 7) is 4.02. The molecule has 5 heteroatoms. The third kappa shape index (κ3) is 15.0. The van der Waals surface area contributed by atoms with E-state index in [2.05, 4.69) is 13.8 Å². The van der Waals surface area contributed by atoms with Crippen molar-refractivity contribution in [3.05, 3.63) is 0 Å². The molecule has 0 spiro atoms. The van der Waals surface area contributed by atoms with E-state index in [0.717, 1.165) is 17.4 Å². The second kappa shape index (κ2) is 16.6. The van der Waals surface area contributed by atoms with Gasteiger partial charge in [0.2, 0.25) is 0 Å². The minimum Gasteiger partial charge on any atom is -0.463 e. The largest absolute Gasteiger partial charge is 0.463 e. The Kier molecular flexibility index (Phi) is 16.4. The van der Waals surface area contributed by atoms with E-state index in [9.17, 15) is 4.79 Å². The summed E-state index contributed by atoms with van der Waals surface area (Å²) in [5, 5.41) is 17.7. The summed E-state index contributed by atoms with van der Waals surface area (Å²) in [5.41, 5.74) is 0. The average Bonchev–Trinajstić information content (AvgIpc) is 2.57. The van der Waals surface area contributed by atoms with Crippen LogP contribution in [0.5, 0.6) is 0 Å². The van der Waals surface area contributed by atoms with Crippen LogP contribution in [0.15, 0.2) is 0 Å². The van der Waals surface area contributed by atoms with E-state index < -0.39 is 6.10 Å². The molecule has 23 heavy (non-hydrogen) atoms. The number of aliphatic hydroxyl groups excluding tert-OH is 2. The van der Waals surface area contributed by atoms with E-state index in [0.29, 0.717) is 6.42 Å².